The fourth-order valence-corrected chi connectivity index (χ4v) is 2.57. The van der Waals surface area contributed by atoms with Gasteiger partial charge in [-0.3, -0.25) is 0 Å². The molecule has 5 heteroatoms. The average molecular weight is 249 g/mol. The molecule has 12 heavy (non-hydrogen) atoms. The second kappa shape index (κ2) is 8.18. The maximum Gasteiger partial charge on any atom is -1.00 e. The van der Waals surface area contributed by atoms with Crippen LogP contribution in [0.4, 0.5) is 0 Å². The first-order valence-electron chi connectivity index (χ1n) is 3.12. The fraction of sp³-hybridized carbons (Fsp3) is 0.429. The van der Waals surface area contributed by atoms with Gasteiger partial charge in [-0.15, -0.1) is 0 Å². The summed E-state index contributed by atoms with van der Waals surface area (Å²) in [6.45, 7) is 0. The van der Waals surface area contributed by atoms with Crippen LogP contribution in [0, 0.1) is 0 Å². The third-order valence-electron chi connectivity index (χ3n) is 1.32. The Hall–Kier alpha value is 0.564. The minimum absolute atomic E-state index is 0. The molecule has 0 aromatic carbocycles. The van der Waals surface area contributed by atoms with Crippen molar-refractivity contribution >= 4 is 0 Å². The zero-order valence-corrected chi connectivity index (χ0v) is 9.87. The smallest absolute Gasteiger partial charge is 1.00 e. The van der Waals surface area contributed by atoms with Gasteiger partial charge < -0.3 is 24.8 Å². The summed E-state index contributed by atoms with van der Waals surface area (Å²) in [5.41, 5.74) is 0. The van der Waals surface area contributed by atoms with Crippen molar-refractivity contribution in [2.45, 2.75) is 6.42 Å². The predicted molar refractivity (Wildman–Crippen MR) is 35.9 cm³/mol. The van der Waals surface area contributed by atoms with Gasteiger partial charge in [0.1, 0.15) is 0 Å². The zero-order chi connectivity index (χ0) is 7.40. The maximum atomic E-state index is 5.20. The molecular weight excluding hydrogens is 238 g/mol. The number of halogens is 2. The average Bonchev–Trinajstić information content (AvgIpc) is 2.43. The van der Waals surface area contributed by atoms with E-state index in [9.17, 15) is 0 Å². The van der Waals surface area contributed by atoms with Crippen molar-refractivity contribution in [1.29, 1.82) is 0 Å². The van der Waals surface area contributed by atoms with Crippen molar-refractivity contribution < 1.29 is 48.0 Å². The third-order valence-corrected chi connectivity index (χ3v) is 3.60. The van der Waals surface area contributed by atoms with E-state index in [2.05, 4.69) is 18.2 Å². The number of hydrogen-bond donors (Lipinski definition) is 0. The van der Waals surface area contributed by atoms with Crippen LogP contribution >= 0.6 is 0 Å². The predicted octanol–water partition coefficient (Wildman–Crippen LogP) is -4.42. The van der Waals surface area contributed by atoms with Crippen molar-refractivity contribution in [2.24, 2.45) is 0 Å². The molecule has 0 heterocycles. The number of hydrogen-bond acceptors (Lipinski definition) is 2. The van der Waals surface area contributed by atoms with Gasteiger partial charge in [0.25, 0.3) is 0 Å². The third kappa shape index (κ3) is 3.99. The Morgan fingerprint density at radius 2 is 1.83 bits per heavy atom. The molecule has 0 saturated heterocycles. The minimum Gasteiger partial charge on any atom is -1.00 e. The normalized spacial score (nSPS) is 13.0. The van der Waals surface area contributed by atoms with Gasteiger partial charge in [-0.1, -0.05) is 0 Å². The summed E-state index contributed by atoms with van der Waals surface area (Å²) in [5.74, 6) is 0. The topological polar surface area (TPSA) is 18.5 Å². The first-order chi connectivity index (χ1) is 4.88. The second-order valence-electron chi connectivity index (χ2n) is 1.91. The number of allylic oxidation sites excluding steroid dienone is 4. The number of rotatable bonds is 3. The van der Waals surface area contributed by atoms with E-state index in [-0.39, 0.29) is 24.8 Å². The molecule has 0 unspecified atom stereocenters. The molecule has 2 nitrogen and oxygen atoms in total. The Balaban J connectivity index is 0. The van der Waals surface area contributed by atoms with E-state index < -0.39 is 15.9 Å². The van der Waals surface area contributed by atoms with Crippen LogP contribution in [-0.2, 0) is 23.2 Å². The molecule has 0 N–H and O–H groups in total. The van der Waals surface area contributed by atoms with E-state index in [0.717, 1.165) is 6.42 Å². The standard InChI is InChI=1S/C5H5.2CH3O.2ClH.V/c1-2-4-5-3-1;2*1-2;;;/h1-3H,4H2;2*1H3;2*1H;/q;2*-1;;;+4/p-2. The van der Waals surface area contributed by atoms with Gasteiger partial charge in [-0.25, -0.2) is 0 Å². The van der Waals surface area contributed by atoms with Gasteiger partial charge in [0.15, 0.2) is 0 Å². The Morgan fingerprint density at radius 1 is 1.25 bits per heavy atom. The van der Waals surface area contributed by atoms with Crippen LogP contribution in [-0.4, -0.2) is 14.2 Å². The van der Waals surface area contributed by atoms with Crippen LogP contribution < -0.4 is 24.8 Å². The molecule has 0 atom stereocenters. The van der Waals surface area contributed by atoms with Crippen molar-refractivity contribution in [2.75, 3.05) is 14.2 Å². The van der Waals surface area contributed by atoms with Crippen molar-refractivity contribution in [3.05, 3.63) is 22.5 Å². The van der Waals surface area contributed by atoms with Crippen molar-refractivity contribution in [1.82, 2.24) is 0 Å². The molecule has 0 bridgehead atoms. The van der Waals surface area contributed by atoms with Gasteiger partial charge >= 0.3 is 66.3 Å². The largest absolute Gasteiger partial charge is 1.00 e. The summed E-state index contributed by atoms with van der Waals surface area (Å²) in [6, 6.07) is 0. The summed E-state index contributed by atoms with van der Waals surface area (Å²) in [7, 11) is 3.42. The molecule has 70 valence electrons. The van der Waals surface area contributed by atoms with Gasteiger partial charge in [-0.2, -0.15) is 0 Å². The Labute approximate surface area is 91.1 Å². The van der Waals surface area contributed by atoms with E-state index in [1.807, 2.05) is 0 Å². The van der Waals surface area contributed by atoms with Crippen LogP contribution in [0.15, 0.2) is 22.5 Å². The molecule has 0 fully saturated rings. The first kappa shape index (κ1) is 15.1. The van der Waals surface area contributed by atoms with Crippen LogP contribution in [0.2, 0.25) is 0 Å². The second-order valence-corrected chi connectivity index (χ2v) is 4.75. The monoisotopic (exact) mass is 248 g/mol. The Kier molecular flexibility index (Phi) is 10.3. The van der Waals surface area contributed by atoms with Gasteiger partial charge in [0.05, 0.1) is 0 Å². The van der Waals surface area contributed by atoms with Crippen molar-refractivity contribution in [3.8, 4) is 0 Å². The van der Waals surface area contributed by atoms with Crippen LogP contribution in [0.5, 0.6) is 0 Å². The van der Waals surface area contributed by atoms with Gasteiger partial charge in [-0.05, 0) is 0 Å². The SMILES string of the molecule is C[O][V+2]([O]C)[C]1=CC=CC1.[Cl-].[Cl-]. The van der Waals surface area contributed by atoms with Crippen LogP contribution in [0.1, 0.15) is 6.42 Å². The quantitative estimate of drug-likeness (QED) is 0.502. The summed E-state index contributed by atoms with van der Waals surface area (Å²) >= 11 is -1.51. The summed E-state index contributed by atoms with van der Waals surface area (Å²) in [5, 5.41) is 0. The zero-order valence-electron chi connectivity index (χ0n) is 6.96. The molecule has 1 aliphatic carbocycles. The van der Waals surface area contributed by atoms with Crippen molar-refractivity contribution in [3.63, 3.8) is 0 Å². The van der Waals surface area contributed by atoms with E-state index in [1.54, 1.807) is 14.2 Å². The first-order valence-corrected chi connectivity index (χ1v) is 4.96. The van der Waals surface area contributed by atoms with E-state index in [1.165, 1.54) is 4.28 Å². The summed E-state index contributed by atoms with van der Waals surface area (Å²) in [6.07, 6.45) is 7.28. The molecule has 0 aromatic heterocycles. The Morgan fingerprint density at radius 3 is 2.17 bits per heavy atom. The molecule has 0 saturated carbocycles. The molecule has 0 aliphatic heterocycles. The molecule has 1 aliphatic rings. The summed E-state index contributed by atoms with van der Waals surface area (Å²) in [4.78, 5) is 0. The van der Waals surface area contributed by atoms with Gasteiger partial charge in [0, 0.05) is 0 Å². The van der Waals surface area contributed by atoms with E-state index in [0.29, 0.717) is 0 Å². The maximum absolute atomic E-state index is 5.20. The Bertz CT molecular complexity index is 167. The molecule has 0 aromatic rings. The van der Waals surface area contributed by atoms with E-state index >= 15 is 0 Å². The minimum atomic E-state index is -1.51. The molecule has 0 radical (unpaired) electrons. The molecular formula is C7H11Cl2O2V. The fourth-order valence-electron chi connectivity index (χ4n) is 0.880. The molecule has 0 amide bonds. The summed E-state index contributed by atoms with van der Waals surface area (Å²) < 4.78 is 11.7. The van der Waals surface area contributed by atoms with E-state index in [4.69, 9.17) is 7.32 Å². The van der Waals surface area contributed by atoms with Gasteiger partial charge in [0.2, 0.25) is 0 Å². The molecule has 1 rings (SSSR count). The van der Waals surface area contributed by atoms with Crippen LogP contribution in [0.25, 0.3) is 0 Å². The molecule has 0 spiro atoms. The van der Waals surface area contributed by atoms with Crippen LogP contribution in [0.3, 0.4) is 0 Å².